The number of aryl methyl sites for hydroxylation is 1. The Morgan fingerprint density at radius 2 is 1.73 bits per heavy atom. The highest BCUT2D eigenvalue weighted by atomic mass is 16.4. The lowest BCUT2D eigenvalue weighted by atomic mass is 10.00. The van der Waals surface area contributed by atoms with Gasteiger partial charge in [-0.25, -0.2) is 4.79 Å². The van der Waals surface area contributed by atoms with Gasteiger partial charge in [0.2, 0.25) is 0 Å². The number of nitrogens with one attached hydrogen (secondary N) is 1. The largest absolute Gasteiger partial charge is 0.477 e. The van der Waals surface area contributed by atoms with Crippen molar-refractivity contribution in [1.82, 2.24) is 4.98 Å². The topological polar surface area (TPSA) is 87.2 Å². The van der Waals surface area contributed by atoms with E-state index < -0.39 is 11.5 Å². The SMILES string of the molecule is CC(=O)c1c(C)[nH]c(=O)c(C(=O)O)c1C. The molecule has 0 saturated heterocycles. The van der Waals surface area contributed by atoms with Gasteiger partial charge in [-0.2, -0.15) is 0 Å². The first-order chi connectivity index (χ1) is 6.86. The number of Topliss-reactive ketones (excluding diaryl/α,β-unsaturated/α-hetero) is 1. The van der Waals surface area contributed by atoms with E-state index >= 15 is 0 Å². The monoisotopic (exact) mass is 209 g/mol. The lowest BCUT2D eigenvalue weighted by molar-refractivity contribution is 0.0694. The highest BCUT2D eigenvalue weighted by Gasteiger charge is 2.19. The molecule has 2 N–H and O–H groups in total. The Kier molecular flexibility index (Phi) is 2.74. The maximum atomic E-state index is 11.3. The number of hydrogen-bond donors (Lipinski definition) is 2. The Balaban J connectivity index is 3.72. The third kappa shape index (κ3) is 1.81. The van der Waals surface area contributed by atoms with Gasteiger partial charge in [0.05, 0.1) is 0 Å². The summed E-state index contributed by atoms with van der Waals surface area (Å²) in [6.07, 6.45) is 0. The first-order valence-electron chi connectivity index (χ1n) is 4.34. The summed E-state index contributed by atoms with van der Waals surface area (Å²) in [6.45, 7) is 4.36. The van der Waals surface area contributed by atoms with Crippen LogP contribution in [0.25, 0.3) is 0 Å². The number of carbonyl (C=O) groups is 2. The molecule has 1 rings (SSSR count). The molecule has 80 valence electrons. The molecular formula is C10H11NO4. The summed E-state index contributed by atoms with van der Waals surface area (Å²) in [5, 5.41) is 8.81. The molecule has 0 aliphatic carbocycles. The molecule has 0 aliphatic heterocycles. The quantitative estimate of drug-likeness (QED) is 0.708. The van der Waals surface area contributed by atoms with Gasteiger partial charge in [-0.3, -0.25) is 9.59 Å². The second-order valence-electron chi connectivity index (χ2n) is 3.32. The summed E-state index contributed by atoms with van der Waals surface area (Å²) in [6, 6.07) is 0. The Morgan fingerprint density at radius 1 is 1.20 bits per heavy atom. The summed E-state index contributed by atoms with van der Waals surface area (Å²) in [7, 11) is 0. The van der Waals surface area contributed by atoms with Gasteiger partial charge in [0.15, 0.2) is 5.78 Å². The molecule has 1 aromatic rings. The molecule has 1 aromatic heterocycles. The van der Waals surface area contributed by atoms with Crippen LogP contribution in [-0.2, 0) is 0 Å². The number of carboxylic acid groups (broad SMARTS) is 1. The molecule has 0 radical (unpaired) electrons. The molecule has 0 atom stereocenters. The highest BCUT2D eigenvalue weighted by Crippen LogP contribution is 2.13. The van der Waals surface area contributed by atoms with E-state index in [1.165, 1.54) is 13.8 Å². The maximum absolute atomic E-state index is 11.3. The average molecular weight is 209 g/mol. The number of aromatic amines is 1. The van der Waals surface area contributed by atoms with Crippen LogP contribution in [0.2, 0.25) is 0 Å². The molecular weight excluding hydrogens is 198 g/mol. The number of aromatic nitrogens is 1. The average Bonchev–Trinajstić information content (AvgIpc) is 1.99. The smallest absolute Gasteiger partial charge is 0.341 e. The van der Waals surface area contributed by atoms with E-state index in [0.29, 0.717) is 5.69 Å². The van der Waals surface area contributed by atoms with Crippen LogP contribution in [0, 0.1) is 13.8 Å². The number of rotatable bonds is 2. The summed E-state index contributed by atoms with van der Waals surface area (Å²) in [5.41, 5.74) is -0.161. The maximum Gasteiger partial charge on any atom is 0.341 e. The standard InChI is InChI=1S/C10H11NO4/c1-4-7(6(3)12)5(2)11-9(13)8(4)10(14)15/h1-3H3,(H,11,13)(H,14,15). The van der Waals surface area contributed by atoms with Gasteiger partial charge >= 0.3 is 5.97 Å². The second kappa shape index (κ2) is 3.68. The fourth-order valence-electron chi connectivity index (χ4n) is 1.66. The van der Waals surface area contributed by atoms with Crippen molar-refractivity contribution >= 4 is 11.8 Å². The van der Waals surface area contributed by atoms with Gasteiger partial charge in [-0.1, -0.05) is 0 Å². The minimum atomic E-state index is -1.32. The number of H-pyrrole nitrogens is 1. The van der Waals surface area contributed by atoms with Gasteiger partial charge in [0, 0.05) is 11.3 Å². The van der Waals surface area contributed by atoms with Crippen molar-refractivity contribution in [3.8, 4) is 0 Å². The zero-order chi connectivity index (χ0) is 11.7. The third-order valence-corrected chi connectivity index (χ3v) is 2.22. The van der Waals surface area contributed by atoms with Gasteiger partial charge < -0.3 is 10.1 Å². The molecule has 0 saturated carbocycles. The molecule has 1 heterocycles. The number of hydrogen-bond acceptors (Lipinski definition) is 3. The van der Waals surface area contributed by atoms with Crippen molar-refractivity contribution in [1.29, 1.82) is 0 Å². The fourth-order valence-corrected chi connectivity index (χ4v) is 1.66. The van der Waals surface area contributed by atoms with E-state index in [4.69, 9.17) is 5.11 Å². The second-order valence-corrected chi connectivity index (χ2v) is 3.32. The van der Waals surface area contributed by atoms with Gasteiger partial charge in [0.1, 0.15) is 5.56 Å². The zero-order valence-corrected chi connectivity index (χ0v) is 8.67. The van der Waals surface area contributed by atoms with Crippen LogP contribution < -0.4 is 5.56 Å². The molecule has 0 unspecified atom stereocenters. The van der Waals surface area contributed by atoms with Crippen LogP contribution in [-0.4, -0.2) is 21.8 Å². The molecule has 0 spiro atoms. The van der Waals surface area contributed by atoms with Crippen molar-refractivity contribution in [2.75, 3.05) is 0 Å². The van der Waals surface area contributed by atoms with E-state index in [1.54, 1.807) is 6.92 Å². The normalized spacial score (nSPS) is 10.1. The Labute approximate surface area is 85.8 Å². The first-order valence-corrected chi connectivity index (χ1v) is 4.34. The Hall–Kier alpha value is -1.91. The Bertz CT molecular complexity index is 499. The number of carboxylic acids is 1. The van der Waals surface area contributed by atoms with Crippen LogP contribution in [0.4, 0.5) is 0 Å². The van der Waals surface area contributed by atoms with Crippen molar-refractivity contribution in [3.63, 3.8) is 0 Å². The van der Waals surface area contributed by atoms with Gasteiger partial charge in [-0.15, -0.1) is 0 Å². The van der Waals surface area contributed by atoms with Crippen molar-refractivity contribution < 1.29 is 14.7 Å². The molecule has 0 fully saturated rings. The molecule has 0 aromatic carbocycles. The number of ketones is 1. The zero-order valence-electron chi connectivity index (χ0n) is 8.67. The van der Waals surface area contributed by atoms with Crippen molar-refractivity contribution in [3.05, 3.63) is 32.7 Å². The predicted octanol–water partition coefficient (Wildman–Crippen LogP) is 0.893. The van der Waals surface area contributed by atoms with Crippen LogP contribution in [0.3, 0.4) is 0 Å². The van der Waals surface area contributed by atoms with Crippen molar-refractivity contribution in [2.45, 2.75) is 20.8 Å². The minimum absolute atomic E-state index is 0.219. The summed E-state index contributed by atoms with van der Waals surface area (Å²) in [4.78, 5) is 35.7. The molecule has 0 aliphatic rings. The minimum Gasteiger partial charge on any atom is -0.477 e. The van der Waals surface area contributed by atoms with Crippen LogP contribution in [0.5, 0.6) is 0 Å². The van der Waals surface area contributed by atoms with E-state index in [2.05, 4.69) is 4.98 Å². The molecule has 0 bridgehead atoms. The molecule has 0 amide bonds. The van der Waals surface area contributed by atoms with E-state index in [-0.39, 0.29) is 22.5 Å². The van der Waals surface area contributed by atoms with E-state index in [1.807, 2.05) is 0 Å². The van der Waals surface area contributed by atoms with Crippen LogP contribution in [0.15, 0.2) is 4.79 Å². The first kappa shape index (κ1) is 11.2. The fraction of sp³-hybridized carbons (Fsp3) is 0.300. The van der Waals surface area contributed by atoms with Gasteiger partial charge in [-0.05, 0) is 26.3 Å². The van der Waals surface area contributed by atoms with Gasteiger partial charge in [0.25, 0.3) is 5.56 Å². The summed E-state index contributed by atoms with van der Waals surface area (Å²) in [5.74, 6) is -1.58. The number of carbonyl (C=O) groups excluding carboxylic acids is 1. The summed E-state index contributed by atoms with van der Waals surface area (Å²) < 4.78 is 0. The summed E-state index contributed by atoms with van der Waals surface area (Å²) >= 11 is 0. The highest BCUT2D eigenvalue weighted by molar-refractivity contribution is 6.00. The van der Waals surface area contributed by atoms with E-state index in [9.17, 15) is 14.4 Å². The molecule has 15 heavy (non-hydrogen) atoms. The third-order valence-electron chi connectivity index (χ3n) is 2.22. The Morgan fingerprint density at radius 3 is 2.13 bits per heavy atom. The predicted molar refractivity (Wildman–Crippen MR) is 53.5 cm³/mol. The lowest BCUT2D eigenvalue weighted by Gasteiger charge is -2.08. The van der Waals surface area contributed by atoms with E-state index in [0.717, 1.165) is 0 Å². The van der Waals surface area contributed by atoms with Crippen LogP contribution in [0.1, 0.15) is 38.9 Å². The number of pyridine rings is 1. The van der Waals surface area contributed by atoms with Crippen molar-refractivity contribution in [2.24, 2.45) is 0 Å². The van der Waals surface area contributed by atoms with Crippen LogP contribution >= 0.6 is 0 Å². The molecule has 5 heteroatoms. The lowest BCUT2D eigenvalue weighted by Crippen LogP contribution is -2.23. The number of aromatic carboxylic acids is 1. The molecule has 5 nitrogen and oxygen atoms in total.